The Morgan fingerprint density at radius 2 is 1.38 bits per heavy atom. The quantitative estimate of drug-likeness (QED) is 0.0978. The highest BCUT2D eigenvalue weighted by Crippen LogP contribution is 2.20. The first-order valence-corrected chi connectivity index (χ1v) is 17.3. The highest BCUT2D eigenvalue weighted by Gasteiger charge is 2.31. The first kappa shape index (κ1) is 39.7. The minimum Gasteiger partial charge on any atom is -0.477 e. The number of benzene rings is 2. The Morgan fingerprint density at radius 3 is 1.94 bits per heavy atom. The Bertz CT molecular complexity index is 1530. The van der Waals surface area contributed by atoms with Gasteiger partial charge in [-0.15, -0.1) is 0 Å². The minimum atomic E-state index is -1.13. The van der Waals surface area contributed by atoms with Gasteiger partial charge in [-0.3, -0.25) is 19.2 Å². The molecule has 3 aromatic rings. The topological polar surface area (TPSA) is 195 Å². The summed E-state index contributed by atoms with van der Waals surface area (Å²) >= 11 is 0. The predicted molar refractivity (Wildman–Crippen MR) is 192 cm³/mol. The molecule has 0 aliphatic carbocycles. The molecule has 2 aromatic carbocycles. The van der Waals surface area contributed by atoms with Crippen molar-refractivity contribution in [1.82, 2.24) is 15.6 Å². The van der Waals surface area contributed by atoms with Crippen LogP contribution in [0.25, 0.3) is 0 Å². The number of aryl methyl sites for hydroxylation is 1. The van der Waals surface area contributed by atoms with Crippen LogP contribution < -0.4 is 22.1 Å². The van der Waals surface area contributed by atoms with E-state index in [1.54, 1.807) is 6.07 Å². The van der Waals surface area contributed by atoms with Crippen molar-refractivity contribution in [3.63, 3.8) is 0 Å². The van der Waals surface area contributed by atoms with Gasteiger partial charge in [0.2, 0.25) is 11.8 Å². The van der Waals surface area contributed by atoms with Crippen molar-refractivity contribution < 1.29 is 29.1 Å². The number of carbonyl (C=O) groups excluding carboxylic acids is 4. The molecule has 50 heavy (non-hydrogen) atoms. The maximum absolute atomic E-state index is 14.0. The molecule has 7 N–H and O–H groups in total. The molecule has 0 aliphatic rings. The summed E-state index contributed by atoms with van der Waals surface area (Å²) in [6.45, 7) is 4.37. The van der Waals surface area contributed by atoms with E-state index in [-0.39, 0.29) is 42.4 Å². The van der Waals surface area contributed by atoms with Gasteiger partial charge >= 0.3 is 5.97 Å². The highest BCUT2D eigenvalue weighted by atomic mass is 16.4. The number of amides is 2. The predicted octanol–water partition coefficient (Wildman–Crippen LogP) is 3.81. The number of nitrogens with one attached hydrogen (secondary N) is 2. The van der Waals surface area contributed by atoms with Crippen LogP contribution in [0.15, 0.2) is 79.0 Å². The third-order valence-corrected chi connectivity index (χ3v) is 8.55. The van der Waals surface area contributed by atoms with E-state index in [0.717, 1.165) is 11.1 Å². The molecule has 11 nitrogen and oxygen atoms in total. The number of nitrogens with two attached hydrogens (primary N) is 2. The summed E-state index contributed by atoms with van der Waals surface area (Å²) in [5.41, 5.74) is 14.3. The molecule has 0 unspecified atom stereocenters. The Morgan fingerprint density at radius 1 is 0.760 bits per heavy atom. The number of carbonyl (C=O) groups is 5. The second kappa shape index (κ2) is 20.7. The lowest BCUT2D eigenvalue weighted by molar-refractivity contribution is -0.134. The van der Waals surface area contributed by atoms with E-state index in [1.165, 1.54) is 12.3 Å². The van der Waals surface area contributed by atoms with Crippen LogP contribution in [0, 0.1) is 11.8 Å². The Labute approximate surface area is 294 Å². The second-order valence-corrected chi connectivity index (χ2v) is 13.2. The van der Waals surface area contributed by atoms with Crippen LogP contribution in [0.2, 0.25) is 0 Å². The van der Waals surface area contributed by atoms with Gasteiger partial charge in [0.05, 0.1) is 18.1 Å². The molecule has 1 heterocycles. The van der Waals surface area contributed by atoms with Crippen LogP contribution in [0.1, 0.15) is 79.6 Å². The summed E-state index contributed by atoms with van der Waals surface area (Å²) in [5, 5.41) is 14.9. The van der Waals surface area contributed by atoms with E-state index < -0.39 is 41.8 Å². The van der Waals surface area contributed by atoms with Crippen molar-refractivity contribution in [3.8, 4) is 0 Å². The smallest absolute Gasteiger partial charge is 0.354 e. The van der Waals surface area contributed by atoms with Crippen molar-refractivity contribution in [2.24, 2.45) is 23.3 Å². The Hall–Kier alpha value is -4.74. The number of rotatable bonds is 22. The van der Waals surface area contributed by atoms with E-state index in [1.807, 2.05) is 74.5 Å². The van der Waals surface area contributed by atoms with Gasteiger partial charge in [-0.25, -0.2) is 9.78 Å². The van der Waals surface area contributed by atoms with Crippen molar-refractivity contribution in [2.75, 3.05) is 6.54 Å². The number of carboxylic acids is 1. The number of aromatic carboxylic acids is 1. The molecule has 0 saturated carbocycles. The largest absolute Gasteiger partial charge is 0.477 e. The Balaban J connectivity index is 1.74. The zero-order valence-electron chi connectivity index (χ0n) is 29.1. The fraction of sp³-hybridized carbons (Fsp3) is 0.436. The minimum absolute atomic E-state index is 0.0766. The van der Waals surface area contributed by atoms with Gasteiger partial charge in [-0.1, -0.05) is 80.6 Å². The van der Waals surface area contributed by atoms with Crippen LogP contribution in [0.4, 0.5) is 0 Å². The number of pyridine rings is 1. The summed E-state index contributed by atoms with van der Waals surface area (Å²) in [6, 6.07) is 19.2. The normalized spacial score (nSPS) is 13.5. The molecule has 2 amide bonds. The zero-order chi connectivity index (χ0) is 36.5. The van der Waals surface area contributed by atoms with Crippen LogP contribution in [0.5, 0.6) is 0 Å². The molecule has 0 radical (unpaired) electrons. The molecule has 0 aliphatic heterocycles. The summed E-state index contributed by atoms with van der Waals surface area (Å²) in [5.74, 6) is -3.10. The number of hydrogen-bond donors (Lipinski definition) is 5. The van der Waals surface area contributed by atoms with Crippen LogP contribution in [-0.2, 0) is 38.4 Å². The Kier molecular flexibility index (Phi) is 16.4. The molecule has 0 saturated heterocycles. The molecule has 0 spiro atoms. The van der Waals surface area contributed by atoms with Crippen molar-refractivity contribution in [2.45, 2.75) is 89.8 Å². The van der Waals surface area contributed by atoms with E-state index >= 15 is 0 Å². The van der Waals surface area contributed by atoms with E-state index in [0.29, 0.717) is 50.6 Å². The second-order valence-electron chi connectivity index (χ2n) is 13.2. The number of hydrogen-bond acceptors (Lipinski definition) is 8. The lowest BCUT2D eigenvalue weighted by Crippen LogP contribution is -2.51. The molecular weight excluding hydrogens is 634 g/mol. The molecule has 268 valence electrons. The number of unbranched alkanes of at least 4 members (excludes halogenated alkanes) is 1. The first-order valence-electron chi connectivity index (χ1n) is 17.3. The van der Waals surface area contributed by atoms with E-state index in [9.17, 15) is 24.0 Å². The standard InChI is InChI=1S/C39H51N5O6/c1-26(2)21-30(37(47)43-32(15-9-10-20-40)35(45)19-17-29-16-18-33(39(49)50)42-25-29)24-36(46)34(23-28-13-7-4-8-14-28)44-38(48)31(41)22-27-11-5-3-6-12-27/h3-8,11-14,16,18,25-26,30-32,34H,9-10,15,17,19-24,40-41H2,1-2H3,(H,43,47)(H,44,48)(H,49,50)/t30-,31+,32+,34+/m0/s1. The molecule has 0 bridgehead atoms. The van der Waals surface area contributed by atoms with Crippen LogP contribution >= 0.6 is 0 Å². The molecule has 11 heteroatoms. The molecule has 3 rings (SSSR count). The van der Waals surface area contributed by atoms with Gasteiger partial charge < -0.3 is 27.2 Å². The summed E-state index contributed by atoms with van der Waals surface area (Å²) in [6.07, 6.45) is 4.41. The zero-order valence-corrected chi connectivity index (χ0v) is 29.1. The van der Waals surface area contributed by atoms with E-state index in [2.05, 4.69) is 15.6 Å². The van der Waals surface area contributed by atoms with Gasteiger partial charge in [0.25, 0.3) is 0 Å². The van der Waals surface area contributed by atoms with Crippen molar-refractivity contribution in [3.05, 3.63) is 101 Å². The summed E-state index contributed by atoms with van der Waals surface area (Å²) in [7, 11) is 0. The van der Waals surface area contributed by atoms with Crippen LogP contribution in [0.3, 0.4) is 0 Å². The fourth-order valence-electron chi connectivity index (χ4n) is 5.81. The van der Waals surface area contributed by atoms with Gasteiger partial charge in [-0.2, -0.15) is 0 Å². The van der Waals surface area contributed by atoms with Gasteiger partial charge in [0.1, 0.15) is 5.69 Å². The molecule has 0 fully saturated rings. The average Bonchev–Trinajstić information content (AvgIpc) is 3.10. The molecular formula is C39H51N5O6. The maximum atomic E-state index is 14.0. The first-order chi connectivity index (χ1) is 24.0. The van der Waals surface area contributed by atoms with Gasteiger partial charge in [0, 0.05) is 25.0 Å². The lowest BCUT2D eigenvalue weighted by atomic mass is 9.87. The van der Waals surface area contributed by atoms with E-state index in [4.69, 9.17) is 16.6 Å². The number of Topliss-reactive ketones (excluding diaryl/α,β-unsaturated/α-hetero) is 2. The monoisotopic (exact) mass is 685 g/mol. The number of nitrogens with zero attached hydrogens (tertiary/aromatic N) is 1. The SMILES string of the molecule is CC(C)C[C@@H](CC(=O)[C@@H](Cc1ccccc1)NC(=O)[C@H](N)Cc1ccccc1)C(=O)N[C@H](CCCCN)C(=O)CCc1ccc(C(=O)O)nc1. The third-order valence-electron chi connectivity index (χ3n) is 8.55. The number of ketones is 2. The van der Waals surface area contributed by atoms with Gasteiger partial charge in [0.15, 0.2) is 11.6 Å². The van der Waals surface area contributed by atoms with Crippen LogP contribution in [-0.4, -0.2) is 64.1 Å². The fourth-order valence-corrected chi connectivity index (χ4v) is 5.81. The maximum Gasteiger partial charge on any atom is 0.354 e. The summed E-state index contributed by atoms with van der Waals surface area (Å²) < 4.78 is 0. The van der Waals surface area contributed by atoms with Crippen molar-refractivity contribution >= 4 is 29.4 Å². The van der Waals surface area contributed by atoms with Crippen molar-refractivity contribution in [1.29, 1.82) is 0 Å². The number of carboxylic acid groups (broad SMARTS) is 1. The molecule has 4 atom stereocenters. The summed E-state index contributed by atoms with van der Waals surface area (Å²) in [4.78, 5) is 69.5. The highest BCUT2D eigenvalue weighted by molar-refractivity contribution is 5.95. The lowest BCUT2D eigenvalue weighted by Gasteiger charge is -2.25. The third kappa shape index (κ3) is 13.6. The van der Waals surface area contributed by atoms with Gasteiger partial charge in [-0.05, 0) is 80.2 Å². The molecule has 1 aromatic heterocycles. The number of aromatic nitrogens is 1. The average molecular weight is 686 g/mol.